The summed E-state index contributed by atoms with van der Waals surface area (Å²) in [6.45, 7) is 1.61. The zero-order valence-electron chi connectivity index (χ0n) is 30.7. The Labute approximate surface area is 303 Å². The molecule has 0 radical (unpaired) electrons. The maximum absolute atomic E-state index is 12.4. The molecule has 0 bridgehead atoms. The fourth-order valence-corrected chi connectivity index (χ4v) is 5.67. The van der Waals surface area contributed by atoms with E-state index in [1.165, 1.54) is 57.7 Å². The lowest BCUT2D eigenvalue weighted by Crippen LogP contribution is -2.35. The molecule has 14 nitrogen and oxygen atoms in total. The molecule has 0 saturated heterocycles. The molecule has 1 aromatic heterocycles. The molecule has 1 rings (SSSR count). The third-order valence-electron chi connectivity index (χ3n) is 8.72. The SMILES string of the molecule is N[C@@H](Cc1cnc[nH]1)C(=O)C[C@@H](CCCCNC(=O)COCCOCCNC(=O)CCCCCCCCCCCCCCCCC(=O)O)C(=O)O. The number of unbranched alkanes of at least 4 members (excludes halogenated alkanes) is 14. The zero-order chi connectivity index (χ0) is 37.4. The van der Waals surface area contributed by atoms with Gasteiger partial charge in [-0.15, -0.1) is 0 Å². The van der Waals surface area contributed by atoms with Crippen molar-refractivity contribution in [3.8, 4) is 0 Å². The van der Waals surface area contributed by atoms with Crippen LogP contribution in [0.2, 0.25) is 0 Å². The second kappa shape index (κ2) is 31.4. The van der Waals surface area contributed by atoms with Crippen LogP contribution >= 0.6 is 0 Å². The van der Waals surface area contributed by atoms with Gasteiger partial charge in [0.2, 0.25) is 11.8 Å². The molecule has 0 aliphatic carbocycles. The van der Waals surface area contributed by atoms with E-state index in [0.29, 0.717) is 58.4 Å². The molecule has 292 valence electrons. The van der Waals surface area contributed by atoms with Crippen LogP contribution in [0.25, 0.3) is 0 Å². The van der Waals surface area contributed by atoms with Gasteiger partial charge in [0, 0.05) is 50.7 Å². The first-order valence-electron chi connectivity index (χ1n) is 19.1. The van der Waals surface area contributed by atoms with E-state index < -0.39 is 23.9 Å². The van der Waals surface area contributed by atoms with Crippen molar-refractivity contribution in [1.82, 2.24) is 20.6 Å². The Morgan fingerprint density at radius 2 is 1.27 bits per heavy atom. The maximum atomic E-state index is 12.4. The summed E-state index contributed by atoms with van der Waals surface area (Å²) in [5.74, 6) is -3.10. The Bertz CT molecular complexity index is 1070. The first kappa shape index (κ1) is 45.7. The number of aromatic amines is 1. The number of carbonyl (C=O) groups excluding carboxylic acids is 3. The number of aromatic nitrogens is 2. The van der Waals surface area contributed by atoms with Crippen molar-refractivity contribution in [2.75, 3.05) is 39.5 Å². The predicted octanol–water partition coefficient (Wildman–Crippen LogP) is 4.70. The minimum absolute atomic E-state index is 0.0332. The Balaban J connectivity index is 1.86. The van der Waals surface area contributed by atoms with E-state index in [2.05, 4.69) is 20.6 Å². The average molecular weight is 724 g/mol. The van der Waals surface area contributed by atoms with Crippen molar-refractivity contribution in [2.45, 2.75) is 141 Å². The van der Waals surface area contributed by atoms with Gasteiger partial charge in [0.05, 0.1) is 38.1 Å². The van der Waals surface area contributed by atoms with Crippen molar-refractivity contribution < 1.29 is 43.7 Å². The molecule has 0 unspecified atom stereocenters. The number of nitrogens with two attached hydrogens (primary N) is 1. The molecule has 2 amide bonds. The van der Waals surface area contributed by atoms with Crippen LogP contribution < -0.4 is 16.4 Å². The van der Waals surface area contributed by atoms with Crippen molar-refractivity contribution in [3.05, 3.63) is 18.2 Å². The second-order valence-corrected chi connectivity index (χ2v) is 13.3. The Kier molecular flexibility index (Phi) is 28.1. The largest absolute Gasteiger partial charge is 0.481 e. The van der Waals surface area contributed by atoms with Crippen LogP contribution in [0.1, 0.15) is 134 Å². The lowest BCUT2D eigenvalue weighted by molar-refractivity contribution is -0.144. The number of amides is 2. The van der Waals surface area contributed by atoms with Crippen molar-refractivity contribution >= 4 is 29.5 Å². The number of hydrogen-bond acceptors (Lipinski definition) is 9. The number of carboxylic acid groups (broad SMARTS) is 2. The summed E-state index contributed by atoms with van der Waals surface area (Å²) in [4.78, 5) is 65.2. The molecular formula is C37H65N5O9. The molecule has 7 N–H and O–H groups in total. The monoisotopic (exact) mass is 723 g/mol. The van der Waals surface area contributed by atoms with Crippen LogP contribution in [0.5, 0.6) is 0 Å². The molecule has 0 aromatic carbocycles. The molecule has 0 saturated carbocycles. The van der Waals surface area contributed by atoms with E-state index in [4.69, 9.17) is 20.3 Å². The molecule has 14 heteroatoms. The van der Waals surface area contributed by atoms with Gasteiger partial charge in [-0.1, -0.05) is 83.5 Å². The van der Waals surface area contributed by atoms with Crippen LogP contribution in [-0.4, -0.2) is 95.3 Å². The molecule has 51 heavy (non-hydrogen) atoms. The Morgan fingerprint density at radius 3 is 1.84 bits per heavy atom. The predicted molar refractivity (Wildman–Crippen MR) is 194 cm³/mol. The van der Waals surface area contributed by atoms with Gasteiger partial charge in [0.15, 0.2) is 5.78 Å². The molecule has 1 aromatic rings. The molecule has 0 aliphatic rings. The first-order chi connectivity index (χ1) is 24.7. The topological polar surface area (TPSA) is 223 Å². The molecule has 1 heterocycles. The summed E-state index contributed by atoms with van der Waals surface area (Å²) in [6, 6.07) is -0.793. The first-order valence-corrected chi connectivity index (χ1v) is 19.1. The van der Waals surface area contributed by atoms with Crippen molar-refractivity contribution in [3.63, 3.8) is 0 Å². The van der Waals surface area contributed by atoms with Gasteiger partial charge in [-0.25, -0.2) is 4.98 Å². The standard InChI is InChI=1S/C37H65N5O9/c38-32(26-31-27-39-29-42-31)33(43)25-30(37(48)49)17-15-16-20-40-35(45)28-51-24-23-50-22-21-41-34(44)18-13-11-9-7-5-3-1-2-4-6-8-10-12-14-19-36(46)47/h27,29-30,32H,1-26,28,38H2,(H,39,42)(H,40,45)(H,41,44)(H,46,47)(H,48,49)/t30-,32+/m1/s1. The van der Waals surface area contributed by atoms with E-state index in [-0.39, 0.29) is 43.7 Å². The summed E-state index contributed by atoms with van der Waals surface area (Å²) in [5, 5.41) is 23.7. The van der Waals surface area contributed by atoms with E-state index in [9.17, 15) is 29.1 Å². The van der Waals surface area contributed by atoms with Gasteiger partial charge in [-0.05, 0) is 25.7 Å². The van der Waals surface area contributed by atoms with Crippen LogP contribution in [0.3, 0.4) is 0 Å². The lowest BCUT2D eigenvalue weighted by atomic mass is 9.92. The fraction of sp³-hybridized carbons (Fsp3) is 0.784. The van der Waals surface area contributed by atoms with Gasteiger partial charge >= 0.3 is 11.9 Å². The highest BCUT2D eigenvalue weighted by atomic mass is 16.5. The number of imidazole rings is 1. The number of carboxylic acids is 2. The van der Waals surface area contributed by atoms with Crippen LogP contribution in [-0.2, 0) is 39.9 Å². The molecule has 0 fully saturated rings. The summed E-state index contributed by atoms with van der Waals surface area (Å²) >= 11 is 0. The highest BCUT2D eigenvalue weighted by Gasteiger charge is 2.24. The molecule has 0 spiro atoms. The van der Waals surface area contributed by atoms with E-state index in [1.54, 1.807) is 6.20 Å². The van der Waals surface area contributed by atoms with Crippen LogP contribution in [0.15, 0.2) is 12.5 Å². The number of nitrogens with zero attached hydrogens (tertiary/aromatic N) is 1. The molecular weight excluding hydrogens is 658 g/mol. The smallest absolute Gasteiger partial charge is 0.306 e. The highest BCUT2D eigenvalue weighted by Crippen LogP contribution is 2.16. The maximum Gasteiger partial charge on any atom is 0.306 e. The lowest BCUT2D eigenvalue weighted by Gasteiger charge is -2.15. The van der Waals surface area contributed by atoms with E-state index >= 15 is 0 Å². The van der Waals surface area contributed by atoms with Crippen molar-refractivity contribution in [2.24, 2.45) is 11.7 Å². The Morgan fingerprint density at radius 1 is 0.706 bits per heavy atom. The number of Topliss-reactive ketones (excluding diaryl/α,β-unsaturated/α-hetero) is 1. The second-order valence-electron chi connectivity index (χ2n) is 13.3. The molecule has 2 atom stereocenters. The van der Waals surface area contributed by atoms with Crippen LogP contribution in [0, 0.1) is 5.92 Å². The average Bonchev–Trinajstić information content (AvgIpc) is 3.61. The van der Waals surface area contributed by atoms with E-state index in [1.807, 2.05) is 0 Å². The number of nitrogens with one attached hydrogen (secondary N) is 3. The zero-order valence-corrected chi connectivity index (χ0v) is 30.7. The molecule has 0 aliphatic heterocycles. The minimum Gasteiger partial charge on any atom is -0.481 e. The van der Waals surface area contributed by atoms with Crippen LogP contribution in [0.4, 0.5) is 0 Å². The quantitative estimate of drug-likeness (QED) is 0.0521. The van der Waals surface area contributed by atoms with Gasteiger partial charge in [-0.3, -0.25) is 24.0 Å². The summed E-state index contributed by atoms with van der Waals surface area (Å²) < 4.78 is 10.8. The van der Waals surface area contributed by atoms with Gasteiger partial charge < -0.3 is 41.0 Å². The third-order valence-corrected chi connectivity index (χ3v) is 8.72. The van der Waals surface area contributed by atoms with Crippen molar-refractivity contribution in [1.29, 1.82) is 0 Å². The summed E-state index contributed by atoms with van der Waals surface area (Å²) in [6.07, 6.45) is 21.6. The number of rotatable bonds is 36. The van der Waals surface area contributed by atoms with Gasteiger partial charge in [0.25, 0.3) is 0 Å². The Hall–Kier alpha value is -3.36. The fourth-order valence-electron chi connectivity index (χ4n) is 5.67. The van der Waals surface area contributed by atoms with Gasteiger partial charge in [0.1, 0.15) is 6.61 Å². The summed E-state index contributed by atoms with van der Waals surface area (Å²) in [5.41, 5.74) is 6.65. The highest BCUT2D eigenvalue weighted by molar-refractivity contribution is 5.87. The number of aliphatic carboxylic acids is 2. The number of ketones is 1. The number of carbonyl (C=O) groups is 5. The van der Waals surface area contributed by atoms with Gasteiger partial charge in [-0.2, -0.15) is 0 Å². The number of H-pyrrole nitrogens is 1. The number of hydrogen-bond donors (Lipinski definition) is 6. The normalized spacial score (nSPS) is 12.3. The summed E-state index contributed by atoms with van der Waals surface area (Å²) in [7, 11) is 0. The minimum atomic E-state index is -1.04. The third kappa shape index (κ3) is 28.0. The number of ether oxygens (including phenoxy) is 2. The van der Waals surface area contributed by atoms with E-state index in [0.717, 1.165) is 44.2 Å².